The molecular weight excluding hydrogens is 244 g/mol. The van der Waals surface area contributed by atoms with Crippen LogP contribution in [0.4, 0.5) is 0 Å². The van der Waals surface area contributed by atoms with Crippen LogP contribution in [0.15, 0.2) is 46.7 Å². The average Bonchev–Trinajstić information content (AvgIpc) is 2.33. The van der Waals surface area contributed by atoms with Crippen molar-refractivity contribution < 1.29 is 4.79 Å². The maximum atomic E-state index is 10.4. The summed E-state index contributed by atoms with van der Waals surface area (Å²) in [4.78, 5) is 19.4. The van der Waals surface area contributed by atoms with Gasteiger partial charge in [-0.15, -0.1) is 0 Å². The van der Waals surface area contributed by atoms with Crippen molar-refractivity contribution in [3.8, 4) is 0 Å². The highest BCUT2D eigenvalue weighted by Crippen LogP contribution is 2.30. The quantitative estimate of drug-likeness (QED) is 0.620. The first-order valence-electron chi connectivity index (χ1n) is 4.49. The fourth-order valence-electron chi connectivity index (χ4n) is 1.07. The predicted octanol–water partition coefficient (Wildman–Crippen LogP) is 3.09. The summed E-state index contributed by atoms with van der Waals surface area (Å²) in [6.07, 6.45) is 3.68. The van der Waals surface area contributed by atoms with Crippen LogP contribution in [-0.2, 0) is 0 Å². The number of aromatic nitrogens is 2. The SMILES string of the molecule is O=Cc1cnc(Sc2ccccc2Cl)nc1. The molecule has 0 unspecified atom stereocenters. The first kappa shape index (κ1) is 11.1. The van der Waals surface area contributed by atoms with Gasteiger partial charge in [-0.3, -0.25) is 4.79 Å². The van der Waals surface area contributed by atoms with E-state index in [0.29, 0.717) is 22.0 Å². The predicted molar refractivity (Wildman–Crippen MR) is 63.0 cm³/mol. The van der Waals surface area contributed by atoms with E-state index in [-0.39, 0.29) is 0 Å². The lowest BCUT2D eigenvalue weighted by atomic mass is 10.4. The van der Waals surface area contributed by atoms with Gasteiger partial charge in [-0.2, -0.15) is 0 Å². The lowest BCUT2D eigenvalue weighted by Crippen LogP contribution is -1.89. The Morgan fingerprint density at radius 2 is 1.88 bits per heavy atom. The molecule has 1 aromatic heterocycles. The number of hydrogen-bond donors (Lipinski definition) is 0. The largest absolute Gasteiger partial charge is 0.298 e. The van der Waals surface area contributed by atoms with Gasteiger partial charge in [0.25, 0.3) is 0 Å². The topological polar surface area (TPSA) is 42.9 Å². The summed E-state index contributed by atoms with van der Waals surface area (Å²) in [5, 5.41) is 1.23. The maximum Gasteiger partial charge on any atom is 0.192 e. The highest BCUT2D eigenvalue weighted by Gasteiger charge is 2.03. The molecule has 80 valence electrons. The first-order chi connectivity index (χ1) is 7.79. The highest BCUT2D eigenvalue weighted by molar-refractivity contribution is 7.99. The van der Waals surface area contributed by atoms with E-state index in [4.69, 9.17) is 11.6 Å². The van der Waals surface area contributed by atoms with E-state index in [1.807, 2.05) is 24.3 Å². The van der Waals surface area contributed by atoms with Crippen LogP contribution in [0.5, 0.6) is 0 Å². The molecule has 0 saturated carbocycles. The summed E-state index contributed by atoms with van der Waals surface area (Å²) >= 11 is 7.36. The Morgan fingerprint density at radius 1 is 1.19 bits per heavy atom. The zero-order valence-corrected chi connectivity index (χ0v) is 9.70. The van der Waals surface area contributed by atoms with Gasteiger partial charge in [-0.1, -0.05) is 23.7 Å². The standard InChI is InChI=1S/C11H7ClN2OS/c12-9-3-1-2-4-10(9)16-11-13-5-8(7-15)6-14-11/h1-7H. The average molecular weight is 251 g/mol. The molecule has 0 spiro atoms. The van der Waals surface area contributed by atoms with Gasteiger partial charge in [-0.25, -0.2) is 9.97 Å². The van der Waals surface area contributed by atoms with Crippen LogP contribution in [-0.4, -0.2) is 16.3 Å². The minimum Gasteiger partial charge on any atom is -0.298 e. The molecule has 0 aliphatic rings. The summed E-state index contributed by atoms with van der Waals surface area (Å²) in [7, 11) is 0. The van der Waals surface area contributed by atoms with Crippen molar-refractivity contribution in [2.24, 2.45) is 0 Å². The fourth-order valence-corrected chi connectivity index (χ4v) is 2.04. The van der Waals surface area contributed by atoms with E-state index < -0.39 is 0 Å². The Bertz CT molecular complexity index is 502. The van der Waals surface area contributed by atoms with Gasteiger partial charge < -0.3 is 0 Å². The van der Waals surface area contributed by atoms with Gasteiger partial charge in [-0.05, 0) is 23.9 Å². The van der Waals surface area contributed by atoms with Crippen LogP contribution in [0, 0.1) is 0 Å². The van der Waals surface area contributed by atoms with Gasteiger partial charge in [0.1, 0.15) is 0 Å². The van der Waals surface area contributed by atoms with E-state index in [0.717, 1.165) is 4.90 Å². The Hall–Kier alpha value is -1.39. The first-order valence-corrected chi connectivity index (χ1v) is 5.68. The van der Waals surface area contributed by atoms with E-state index >= 15 is 0 Å². The molecule has 0 bridgehead atoms. The second kappa shape index (κ2) is 5.09. The molecule has 16 heavy (non-hydrogen) atoms. The molecule has 0 fully saturated rings. The number of benzene rings is 1. The van der Waals surface area contributed by atoms with Gasteiger partial charge in [0, 0.05) is 17.3 Å². The molecule has 0 aliphatic carbocycles. The van der Waals surface area contributed by atoms with Gasteiger partial charge in [0.05, 0.1) is 10.6 Å². The molecule has 0 atom stereocenters. The molecule has 5 heteroatoms. The van der Waals surface area contributed by atoms with Crippen LogP contribution in [0.1, 0.15) is 10.4 Å². The molecule has 0 N–H and O–H groups in total. The van der Waals surface area contributed by atoms with Crippen molar-refractivity contribution in [3.05, 3.63) is 47.2 Å². The summed E-state index contributed by atoms with van der Waals surface area (Å²) in [6.45, 7) is 0. The minimum atomic E-state index is 0.462. The second-order valence-corrected chi connectivity index (χ2v) is 4.37. The van der Waals surface area contributed by atoms with Gasteiger partial charge >= 0.3 is 0 Å². The third kappa shape index (κ3) is 2.59. The normalized spacial score (nSPS) is 10.1. The molecular formula is C11H7ClN2OS. The Kier molecular flexibility index (Phi) is 3.54. The molecule has 0 amide bonds. The number of nitrogens with zero attached hydrogens (tertiary/aromatic N) is 2. The Balaban J connectivity index is 2.21. The van der Waals surface area contributed by atoms with E-state index in [1.54, 1.807) is 0 Å². The number of aldehydes is 1. The van der Waals surface area contributed by atoms with Crippen LogP contribution in [0.2, 0.25) is 5.02 Å². The van der Waals surface area contributed by atoms with Gasteiger partial charge in [0.15, 0.2) is 11.4 Å². The molecule has 2 aromatic rings. The van der Waals surface area contributed by atoms with Crippen LogP contribution in [0.3, 0.4) is 0 Å². The molecule has 0 saturated heterocycles. The zero-order chi connectivity index (χ0) is 11.4. The van der Waals surface area contributed by atoms with Crippen molar-refractivity contribution in [3.63, 3.8) is 0 Å². The van der Waals surface area contributed by atoms with Crippen molar-refractivity contribution >= 4 is 29.6 Å². The van der Waals surface area contributed by atoms with Crippen molar-refractivity contribution in [2.75, 3.05) is 0 Å². The Morgan fingerprint density at radius 3 is 2.50 bits per heavy atom. The second-order valence-electron chi connectivity index (χ2n) is 2.95. The Labute approximate surface area is 102 Å². The number of rotatable bonds is 3. The molecule has 1 heterocycles. The number of carbonyl (C=O) groups excluding carboxylic acids is 1. The monoisotopic (exact) mass is 250 g/mol. The highest BCUT2D eigenvalue weighted by atomic mass is 35.5. The molecule has 3 nitrogen and oxygen atoms in total. The van der Waals surface area contributed by atoms with Crippen molar-refractivity contribution in [1.29, 1.82) is 0 Å². The number of hydrogen-bond acceptors (Lipinski definition) is 4. The lowest BCUT2D eigenvalue weighted by Gasteiger charge is -2.01. The molecule has 2 rings (SSSR count). The summed E-state index contributed by atoms with van der Waals surface area (Å²) < 4.78 is 0. The van der Waals surface area contributed by atoms with Crippen molar-refractivity contribution in [1.82, 2.24) is 9.97 Å². The number of halogens is 1. The molecule has 1 aromatic carbocycles. The third-order valence-corrected chi connectivity index (χ3v) is 3.23. The smallest absolute Gasteiger partial charge is 0.192 e. The lowest BCUT2D eigenvalue weighted by molar-refractivity contribution is 0.112. The number of carbonyl (C=O) groups is 1. The van der Waals surface area contributed by atoms with Crippen LogP contribution < -0.4 is 0 Å². The molecule has 0 radical (unpaired) electrons. The fraction of sp³-hybridized carbons (Fsp3) is 0. The summed E-state index contributed by atoms with van der Waals surface area (Å²) in [5.74, 6) is 0. The van der Waals surface area contributed by atoms with Crippen LogP contribution in [0.25, 0.3) is 0 Å². The molecule has 0 aliphatic heterocycles. The zero-order valence-electron chi connectivity index (χ0n) is 8.13. The summed E-state index contributed by atoms with van der Waals surface area (Å²) in [5.41, 5.74) is 0.462. The van der Waals surface area contributed by atoms with E-state index in [9.17, 15) is 4.79 Å². The third-order valence-electron chi connectivity index (χ3n) is 1.82. The minimum absolute atomic E-state index is 0.462. The summed E-state index contributed by atoms with van der Waals surface area (Å²) in [6, 6.07) is 7.46. The van der Waals surface area contributed by atoms with E-state index in [2.05, 4.69) is 9.97 Å². The van der Waals surface area contributed by atoms with E-state index in [1.165, 1.54) is 24.2 Å². The van der Waals surface area contributed by atoms with Gasteiger partial charge in [0.2, 0.25) is 0 Å². The maximum absolute atomic E-state index is 10.4. The van der Waals surface area contributed by atoms with Crippen molar-refractivity contribution in [2.45, 2.75) is 10.1 Å². The van der Waals surface area contributed by atoms with Crippen LogP contribution >= 0.6 is 23.4 Å².